The van der Waals surface area contributed by atoms with Crippen LogP contribution in [0, 0.1) is 0 Å². The van der Waals surface area contributed by atoms with Crippen LogP contribution in [0.2, 0.25) is 5.02 Å². The number of rotatable bonds is 11. The Morgan fingerprint density at radius 1 is 1.23 bits per heavy atom. The van der Waals surface area contributed by atoms with Gasteiger partial charge in [0.1, 0.15) is 18.1 Å². The number of nitrogens with zero attached hydrogens (tertiary/aromatic N) is 4. The summed E-state index contributed by atoms with van der Waals surface area (Å²) in [7, 11) is 1.76. The second-order valence-electron chi connectivity index (χ2n) is 7.08. The fourth-order valence-corrected chi connectivity index (χ4v) is 4.35. The van der Waals surface area contributed by atoms with E-state index in [-0.39, 0.29) is 24.3 Å². The average molecular weight is 463 g/mol. The van der Waals surface area contributed by atoms with Gasteiger partial charge in [-0.1, -0.05) is 49.3 Å². The van der Waals surface area contributed by atoms with E-state index in [0.717, 1.165) is 18.6 Å². The highest BCUT2D eigenvalue weighted by molar-refractivity contribution is 7.99. The van der Waals surface area contributed by atoms with Gasteiger partial charge in [-0.15, -0.1) is 10.2 Å². The molecule has 0 bridgehead atoms. The summed E-state index contributed by atoms with van der Waals surface area (Å²) in [4.78, 5) is 14.2. The van der Waals surface area contributed by atoms with Gasteiger partial charge in [-0.3, -0.25) is 4.79 Å². The monoisotopic (exact) mass is 462 g/mol. The van der Waals surface area contributed by atoms with E-state index in [1.54, 1.807) is 24.3 Å². The number of benzene rings is 1. The topological polar surface area (TPSA) is 73.4 Å². The van der Waals surface area contributed by atoms with Gasteiger partial charge in [0, 0.05) is 13.1 Å². The van der Waals surface area contributed by atoms with E-state index in [0.29, 0.717) is 28.3 Å². The number of halogens is 1. The maximum atomic E-state index is 12.6. The molecule has 0 N–H and O–H groups in total. The van der Waals surface area contributed by atoms with Gasteiger partial charge in [-0.05, 0) is 37.1 Å². The molecule has 0 aliphatic heterocycles. The molecule has 2 aromatic heterocycles. The van der Waals surface area contributed by atoms with Crippen molar-refractivity contribution in [2.45, 2.75) is 51.0 Å². The number of aromatic nitrogens is 3. The maximum absolute atomic E-state index is 12.6. The van der Waals surface area contributed by atoms with Gasteiger partial charge >= 0.3 is 0 Å². The predicted octanol–water partition coefficient (Wildman–Crippen LogP) is 5.22. The number of amides is 1. The van der Waals surface area contributed by atoms with Crippen molar-refractivity contribution in [3.05, 3.63) is 59.3 Å². The van der Waals surface area contributed by atoms with Crippen LogP contribution in [0.5, 0.6) is 5.75 Å². The molecule has 0 aliphatic rings. The Morgan fingerprint density at radius 3 is 2.68 bits per heavy atom. The number of para-hydroxylation sites is 1. The first-order chi connectivity index (χ1) is 15.0. The summed E-state index contributed by atoms with van der Waals surface area (Å²) in [6, 6.07) is 11.2. The highest BCUT2D eigenvalue weighted by atomic mass is 35.5. The second-order valence-corrected chi connectivity index (χ2v) is 8.43. The van der Waals surface area contributed by atoms with Crippen LogP contribution in [0.3, 0.4) is 0 Å². The second kappa shape index (κ2) is 11.2. The van der Waals surface area contributed by atoms with Crippen LogP contribution < -0.4 is 4.74 Å². The molecule has 0 aliphatic carbocycles. The van der Waals surface area contributed by atoms with E-state index < -0.39 is 0 Å². The Hall–Kier alpha value is -2.45. The zero-order chi connectivity index (χ0) is 22.2. The van der Waals surface area contributed by atoms with Crippen molar-refractivity contribution < 1.29 is 13.9 Å². The summed E-state index contributed by atoms with van der Waals surface area (Å²) in [6.45, 7) is 4.94. The summed E-state index contributed by atoms with van der Waals surface area (Å²) < 4.78 is 13.3. The molecule has 0 radical (unpaired) electrons. The van der Waals surface area contributed by atoms with Gasteiger partial charge in [0.2, 0.25) is 5.91 Å². The van der Waals surface area contributed by atoms with Crippen LogP contribution in [0.4, 0.5) is 0 Å². The molecule has 3 rings (SSSR count). The standard InChI is InChI=1S/C22H27ClN4O3S/c1-4-16(5-2)27-20(14-30-19-11-7-6-10-18(19)23)24-25-22(27)31-15-21(28)26(3)13-17-9-8-12-29-17/h6-12,16H,4-5,13-15H2,1-3H3. The van der Waals surface area contributed by atoms with E-state index in [1.807, 2.05) is 30.3 Å². The van der Waals surface area contributed by atoms with Crippen molar-refractivity contribution in [2.24, 2.45) is 0 Å². The minimum absolute atomic E-state index is 0.00522. The zero-order valence-corrected chi connectivity index (χ0v) is 19.5. The molecule has 0 spiro atoms. The lowest BCUT2D eigenvalue weighted by Gasteiger charge is -2.20. The van der Waals surface area contributed by atoms with E-state index >= 15 is 0 Å². The number of carbonyl (C=O) groups excluding carboxylic acids is 1. The first kappa shape index (κ1) is 23.2. The summed E-state index contributed by atoms with van der Waals surface area (Å²) in [5.41, 5.74) is 0. The van der Waals surface area contributed by atoms with Crippen LogP contribution in [-0.4, -0.2) is 38.4 Å². The van der Waals surface area contributed by atoms with Gasteiger partial charge < -0.3 is 18.6 Å². The zero-order valence-electron chi connectivity index (χ0n) is 18.0. The molecule has 2 heterocycles. The third-order valence-corrected chi connectivity index (χ3v) is 6.20. The summed E-state index contributed by atoms with van der Waals surface area (Å²) in [5.74, 6) is 2.33. The van der Waals surface area contributed by atoms with Crippen molar-refractivity contribution in [1.82, 2.24) is 19.7 Å². The van der Waals surface area contributed by atoms with Crippen LogP contribution in [0.15, 0.2) is 52.2 Å². The lowest BCUT2D eigenvalue weighted by atomic mass is 10.2. The number of hydrogen-bond donors (Lipinski definition) is 0. The molecule has 1 aromatic carbocycles. The van der Waals surface area contributed by atoms with E-state index in [9.17, 15) is 4.79 Å². The highest BCUT2D eigenvalue weighted by Gasteiger charge is 2.21. The number of thioether (sulfide) groups is 1. The molecule has 31 heavy (non-hydrogen) atoms. The van der Waals surface area contributed by atoms with E-state index in [4.69, 9.17) is 20.8 Å². The highest BCUT2D eigenvalue weighted by Crippen LogP contribution is 2.28. The fourth-order valence-electron chi connectivity index (χ4n) is 3.19. The first-order valence-corrected chi connectivity index (χ1v) is 11.6. The van der Waals surface area contributed by atoms with Crippen LogP contribution >= 0.6 is 23.4 Å². The van der Waals surface area contributed by atoms with Crippen LogP contribution in [-0.2, 0) is 17.9 Å². The smallest absolute Gasteiger partial charge is 0.233 e. The van der Waals surface area contributed by atoms with Gasteiger partial charge in [0.25, 0.3) is 0 Å². The molecule has 0 atom stereocenters. The largest absolute Gasteiger partial charge is 0.484 e. The minimum Gasteiger partial charge on any atom is -0.484 e. The maximum Gasteiger partial charge on any atom is 0.233 e. The van der Waals surface area contributed by atoms with E-state index in [2.05, 4.69) is 28.6 Å². The number of ether oxygens (including phenoxy) is 1. The van der Waals surface area contributed by atoms with Gasteiger partial charge in [-0.25, -0.2) is 0 Å². The van der Waals surface area contributed by atoms with Crippen molar-refractivity contribution in [3.8, 4) is 5.75 Å². The normalized spacial score (nSPS) is 11.1. The minimum atomic E-state index is -0.00522. The summed E-state index contributed by atoms with van der Waals surface area (Å²) in [6.07, 6.45) is 3.45. The molecular weight excluding hydrogens is 436 g/mol. The molecule has 9 heteroatoms. The Kier molecular flexibility index (Phi) is 8.43. The molecule has 0 saturated heterocycles. The number of carbonyl (C=O) groups is 1. The average Bonchev–Trinajstić information content (AvgIpc) is 3.42. The Morgan fingerprint density at radius 2 is 2.00 bits per heavy atom. The van der Waals surface area contributed by atoms with E-state index in [1.165, 1.54) is 11.8 Å². The van der Waals surface area contributed by atoms with Gasteiger partial charge in [0.05, 0.1) is 23.6 Å². The van der Waals surface area contributed by atoms with Crippen LogP contribution in [0.25, 0.3) is 0 Å². The SMILES string of the molecule is CCC(CC)n1c(COc2ccccc2Cl)nnc1SCC(=O)N(C)Cc1ccco1. The predicted molar refractivity (Wildman–Crippen MR) is 121 cm³/mol. The van der Waals surface area contributed by atoms with Crippen molar-refractivity contribution in [3.63, 3.8) is 0 Å². The molecule has 0 saturated carbocycles. The Balaban J connectivity index is 1.69. The molecule has 0 unspecified atom stereocenters. The first-order valence-electron chi connectivity index (χ1n) is 10.2. The van der Waals surface area contributed by atoms with Crippen molar-refractivity contribution in [2.75, 3.05) is 12.8 Å². The lowest BCUT2D eigenvalue weighted by Crippen LogP contribution is -2.27. The van der Waals surface area contributed by atoms with Crippen molar-refractivity contribution >= 4 is 29.3 Å². The fraction of sp³-hybridized carbons (Fsp3) is 0.409. The molecule has 1 amide bonds. The van der Waals surface area contributed by atoms with Crippen LogP contribution in [0.1, 0.15) is 44.3 Å². The Labute approximate surface area is 191 Å². The summed E-state index contributed by atoms with van der Waals surface area (Å²) >= 11 is 7.58. The molecule has 7 nitrogen and oxygen atoms in total. The Bertz CT molecular complexity index is 973. The third kappa shape index (κ3) is 6.04. The van der Waals surface area contributed by atoms with Crippen molar-refractivity contribution in [1.29, 1.82) is 0 Å². The van der Waals surface area contributed by atoms with Gasteiger partial charge in [0.15, 0.2) is 11.0 Å². The number of hydrogen-bond acceptors (Lipinski definition) is 6. The lowest BCUT2D eigenvalue weighted by molar-refractivity contribution is -0.127. The molecule has 166 valence electrons. The molecule has 0 fully saturated rings. The van der Waals surface area contributed by atoms with Gasteiger partial charge in [-0.2, -0.15) is 0 Å². The summed E-state index contributed by atoms with van der Waals surface area (Å²) in [5, 5.41) is 9.96. The quantitative estimate of drug-likeness (QED) is 0.364. The number of furan rings is 1. The molecular formula is C22H27ClN4O3S. The third-order valence-electron chi connectivity index (χ3n) is 4.96. The molecule has 3 aromatic rings.